The van der Waals surface area contributed by atoms with Crippen LogP contribution < -0.4 is 20.2 Å². The molecule has 0 aliphatic carbocycles. The molecule has 35 heavy (non-hydrogen) atoms. The molecule has 186 valence electrons. The molecule has 10 heteroatoms. The summed E-state index contributed by atoms with van der Waals surface area (Å²) in [6.45, 7) is 3.55. The average molecular weight is 491 g/mol. The molecule has 4 rings (SSSR count). The Balaban J connectivity index is 1.77. The number of piperidine rings is 1. The van der Waals surface area contributed by atoms with E-state index >= 15 is 0 Å². The molecule has 1 fully saturated rings. The Morgan fingerprint density at radius 3 is 2.40 bits per heavy atom. The van der Waals surface area contributed by atoms with Crippen molar-refractivity contribution in [3.63, 3.8) is 0 Å². The molecule has 1 saturated heterocycles. The summed E-state index contributed by atoms with van der Waals surface area (Å²) in [5.41, 5.74) is -1.18. The van der Waals surface area contributed by atoms with E-state index in [0.29, 0.717) is 0 Å². The second-order valence-electron chi connectivity index (χ2n) is 8.34. The van der Waals surface area contributed by atoms with Gasteiger partial charge in [0.2, 0.25) is 11.2 Å². The van der Waals surface area contributed by atoms with Gasteiger partial charge in [-0.2, -0.15) is 13.2 Å². The zero-order valence-electron chi connectivity index (χ0n) is 19.0. The van der Waals surface area contributed by atoms with E-state index in [-0.39, 0.29) is 41.0 Å². The van der Waals surface area contributed by atoms with Crippen LogP contribution in [0.4, 0.5) is 13.2 Å². The number of hydrogen-bond acceptors (Lipinski definition) is 6. The SMILES string of the molecule is CCOC(=O)c1ccc(Oc2c(C(F)(F)F)oc3c(C[NH+]4CCCCC4)c([O-])ccc3c2=O)cc1. The minimum absolute atomic E-state index is 0.0485. The molecule has 2 aromatic carbocycles. The number of hydrogen-bond donors (Lipinski definition) is 1. The predicted octanol–water partition coefficient (Wildman–Crippen LogP) is 3.42. The summed E-state index contributed by atoms with van der Waals surface area (Å²) in [6.07, 6.45) is -2.07. The van der Waals surface area contributed by atoms with Gasteiger partial charge in [-0.15, -0.1) is 0 Å². The van der Waals surface area contributed by atoms with Crippen LogP contribution in [-0.4, -0.2) is 25.7 Å². The van der Waals surface area contributed by atoms with Crippen molar-refractivity contribution in [2.45, 2.75) is 38.9 Å². The van der Waals surface area contributed by atoms with Gasteiger partial charge in [-0.1, -0.05) is 11.8 Å². The van der Waals surface area contributed by atoms with Gasteiger partial charge in [0.15, 0.2) is 0 Å². The first-order valence-electron chi connectivity index (χ1n) is 11.3. The van der Waals surface area contributed by atoms with Crippen LogP contribution in [0.2, 0.25) is 0 Å². The molecule has 0 radical (unpaired) electrons. The molecule has 3 aromatic rings. The average Bonchev–Trinajstić information content (AvgIpc) is 2.83. The van der Waals surface area contributed by atoms with E-state index in [1.165, 1.54) is 30.3 Å². The Morgan fingerprint density at radius 1 is 1.09 bits per heavy atom. The van der Waals surface area contributed by atoms with Gasteiger partial charge < -0.3 is 23.9 Å². The van der Waals surface area contributed by atoms with Crippen molar-refractivity contribution >= 4 is 16.9 Å². The van der Waals surface area contributed by atoms with Gasteiger partial charge in [-0.25, -0.2) is 4.79 Å². The number of likely N-dealkylation sites (tertiary alicyclic amines) is 1. The van der Waals surface area contributed by atoms with Gasteiger partial charge in [0.25, 0.3) is 5.76 Å². The summed E-state index contributed by atoms with van der Waals surface area (Å²) in [5.74, 6) is -3.84. The van der Waals surface area contributed by atoms with E-state index < -0.39 is 34.8 Å². The van der Waals surface area contributed by atoms with Crippen molar-refractivity contribution in [1.82, 2.24) is 0 Å². The fourth-order valence-corrected chi connectivity index (χ4v) is 4.20. The van der Waals surface area contributed by atoms with Crippen molar-refractivity contribution in [3.05, 3.63) is 63.5 Å². The molecule has 0 bridgehead atoms. The minimum Gasteiger partial charge on any atom is -0.872 e. The van der Waals surface area contributed by atoms with Gasteiger partial charge in [-0.05, 0) is 56.5 Å². The summed E-state index contributed by atoms with van der Waals surface area (Å²) < 4.78 is 57.3. The quantitative estimate of drug-likeness (QED) is 0.532. The van der Waals surface area contributed by atoms with Crippen LogP contribution in [0.3, 0.4) is 0 Å². The summed E-state index contributed by atoms with van der Waals surface area (Å²) in [7, 11) is 0. The van der Waals surface area contributed by atoms with Crippen molar-refractivity contribution in [2.75, 3.05) is 19.7 Å². The van der Waals surface area contributed by atoms with Crippen LogP contribution in [0.15, 0.2) is 45.6 Å². The highest BCUT2D eigenvalue weighted by atomic mass is 19.4. The molecule has 2 heterocycles. The number of esters is 1. The summed E-state index contributed by atoms with van der Waals surface area (Å²) >= 11 is 0. The minimum atomic E-state index is -5.05. The highest BCUT2D eigenvalue weighted by Gasteiger charge is 2.41. The molecule has 1 aliphatic rings. The summed E-state index contributed by atoms with van der Waals surface area (Å²) in [6, 6.07) is 7.46. The fraction of sp³-hybridized carbons (Fsp3) is 0.360. The van der Waals surface area contributed by atoms with Crippen LogP contribution in [0.5, 0.6) is 17.2 Å². The molecule has 0 spiro atoms. The van der Waals surface area contributed by atoms with Crippen LogP contribution in [0.1, 0.15) is 47.9 Å². The lowest BCUT2D eigenvalue weighted by Gasteiger charge is -2.26. The Bertz CT molecular complexity index is 1280. The maximum atomic E-state index is 13.9. The van der Waals surface area contributed by atoms with E-state index in [2.05, 4.69) is 0 Å². The molecule has 0 unspecified atom stereocenters. The first-order valence-corrected chi connectivity index (χ1v) is 11.3. The lowest BCUT2D eigenvalue weighted by Crippen LogP contribution is -3.11. The van der Waals surface area contributed by atoms with Crippen LogP contribution in [0, 0.1) is 0 Å². The van der Waals surface area contributed by atoms with E-state index in [1.807, 2.05) is 0 Å². The van der Waals surface area contributed by atoms with E-state index in [9.17, 15) is 27.9 Å². The lowest BCUT2D eigenvalue weighted by molar-refractivity contribution is -0.918. The Hall–Kier alpha value is -3.53. The Kier molecular flexibility index (Phi) is 7.02. The maximum absolute atomic E-state index is 13.9. The largest absolute Gasteiger partial charge is 0.872 e. The highest BCUT2D eigenvalue weighted by Crippen LogP contribution is 2.39. The van der Waals surface area contributed by atoms with E-state index in [1.54, 1.807) is 6.92 Å². The number of carbonyl (C=O) groups is 1. The molecule has 1 aromatic heterocycles. The third kappa shape index (κ3) is 5.27. The normalized spacial score (nSPS) is 14.7. The zero-order valence-corrected chi connectivity index (χ0v) is 19.0. The van der Waals surface area contributed by atoms with Crippen molar-refractivity contribution < 1.29 is 41.9 Å². The third-order valence-electron chi connectivity index (χ3n) is 5.91. The van der Waals surface area contributed by atoms with E-state index in [0.717, 1.165) is 43.3 Å². The number of benzene rings is 2. The van der Waals surface area contributed by atoms with Crippen molar-refractivity contribution in [2.24, 2.45) is 0 Å². The zero-order chi connectivity index (χ0) is 25.2. The van der Waals surface area contributed by atoms with Gasteiger partial charge in [0.05, 0.1) is 30.6 Å². The lowest BCUT2D eigenvalue weighted by atomic mass is 10.1. The van der Waals surface area contributed by atoms with Crippen molar-refractivity contribution in [1.29, 1.82) is 0 Å². The molecule has 1 N–H and O–H groups in total. The summed E-state index contributed by atoms with van der Waals surface area (Å²) in [4.78, 5) is 26.0. The van der Waals surface area contributed by atoms with Crippen LogP contribution >= 0.6 is 0 Å². The smallest absolute Gasteiger partial charge is 0.453 e. The van der Waals surface area contributed by atoms with Gasteiger partial charge >= 0.3 is 12.1 Å². The number of alkyl halides is 3. The first-order chi connectivity index (χ1) is 16.7. The molecule has 0 saturated carbocycles. The number of quaternary nitrogens is 1. The number of halogens is 3. The number of ether oxygens (including phenoxy) is 2. The summed E-state index contributed by atoms with van der Waals surface area (Å²) in [5, 5.41) is 12.4. The molecular weight excluding hydrogens is 467 g/mol. The number of fused-ring (bicyclic) bond motifs is 1. The maximum Gasteiger partial charge on any atom is 0.453 e. The standard InChI is InChI=1S/C25H24F3NO6/c1-2-33-24(32)15-6-8-16(9-7-15)34-22-20(31)17-10-11-19(30)18(14-29-12-4-3-5-13-29)21(17)35-23(22)25(26,27)28/h6-11,30H,2-5,12-14H2,1H3. The third-order valence-corrected chi connectivity index (χ3v) is 5.91. The van der Waals surface area contributed by atoms with Gasteiger partial charge in [-0.3, -0.25) is 4.79 Å². The molecule has 1 aliphatic heterocycles. The Labute approximate surface area is 198 Å². The fourth-order valence-electron chi connectivity index (χ4n) is 4.20. The molecule has 0 amide bonds. The second-order valence-corrected chi connectivity index (χ2v) is 8.34. The number of carbonyl (C=O) groups excluding carboxylic acids is 1. The first kappa shape index (κ1) is 24.6. The monoisotopic (exact) mass is 491 g/mol. The Morgan fingerprint density at radius 2 is 1.77 bits per heavy atom. The predicted molar refractivity (Wildman–Crippen MR) is 118 cm³/mol. The number of rotatable bonds is 6. The number of nitrogens with one attached hydrogen (secondary N) is 1. The van der Waals surface area contributed by atoms with Crippen LogP contribution in [0.25, 0.3) is 11.0 Å². The van der Waals surface area contributed by atoms with E-state index in [4.69, 9.17) is 13.9 Å². The van der Waals surface area contributed by atoms with Gasteiger partial charge in [0, 0.05) is 5.56 Å². The second kappa shape index (κ2) is 9.99. The topological polar surface area (TPSA) is 93.2 Å². The van der Waals surface area contributed by atoms with Gasteiger partial charge in [0.1, 0.15) is 17.9 Å². The highest BCUT2D eigenvalue weighted by molar-refractivity contribution is 5.89. The van der Waals surface area contributed by atoms with Crippen LogP contribution in [-0.2, 0) is 17.5 Å². The van der Waals surface area contributed by atoms with Crippen molar-refractivity contribution in [3.8, 4) is 17.2 Å². The molecule has 7 nitrogen and oxygen atoms in total. The molecule has 0 atom stereocenters. The molecular formula is C25H24F3NO6.